The van der Waals surface area contributed by atoms with Gasteiger partial charge in [-0.25, -0.2) is 5.32 Å². The number of ether oxygens (including phenoxy) is 2. The predicted molar refractivity (Wildman–Crippen MR) is 112 cm³/mol. The Kier molecular flexibility index (Phi) is 4.89. The zero-order valence-corrected chi connectivity index (χ0v) is 16.1. The topological polar surface area (TPSA) is 59.5 Å². The highest BCUT2D eigenvalue weighted by Gasteiger charge is 2.23. The van der Waals surface area contributed by atoms with Gasteiger partial charge in [-0.2, -0.15) is 0 Å². The SMILES string of the molecule is COc1cccc(OC)c1C[N+]1=C(N)Nc2cc(-c3ccccc3)ccc2C1. The first-order chi connectivity index (χ1) is 13.7. The van der Waals surface area contributed by atoms with Crippen molar-refractivity contribution in [2.75, 3.05) is 19.5 Å². The Morgan fingerprint density at radius 1 is 0.893 bits per heavy atom. The summed E-state index contributed by atoms with van der Waals surface area (Å²) in [6.07, 6.45) is 0. The average Bonchev–Trinajstić information content (AvgIpc) is 2.74. The van der Waals surface area contributed by atoms with Crippen molar-refractivity contribution in [1.29, 1.82) is 0 Å². The zero-order chi connectivity index (χ0) is 19.5. The molecule has 3 N–H and O–H groups in total. The van der Waals surface area contributed by atoms with Crippen LogP contribution in [0.3, 0.4) is 0 Å². The van der Waals surface area contributed by atoms with Gasteiger partial charge < -0.3 is 9.47 Å². The Bertz CT molecular complexity index is 1010. The van der Waals surface area contributed by atoms with Crippen LogP contribution in [0.25, 0.3) is 11.1 Å². The number of guanidine groups is 1. The lowest BCUT2D eigenvalue weighted by atomic mass is 10.0. The van der Waals surface area contributed by atoms with Gasteiger partial charge in [0.2, 0.25) is 0 Å². The zero-order valence-electron chi connectivity index (χ0n) is 16.1. The summed E-state index contributed by atoms with van der Waals surface area (Å²) < 4.78 is 13.1. The van der Waals surface area contributed by atoms with Gasteiger partial charge in [-0.1, -0.05) is 48.5 Å². The molecule has 0 radical (unpaired) electrons. The van der Waals surface area contributed by atoms with Crippen molar-refractivity contribution in [3.8, 4) is 22.6 Å². The van der Waals surface area contributed by atoms with Crippen LogP contribution < -0.4 is 20.5 Å². The molecule has 4 rings (SSSR count). The minimum atomic E-state index is 0.589. The first kappa shape index (κ1) is 17.9. The van der Waals surface area contributed by atoms with E-state index in [1.165, 1.54) is 16.7 Å². The van der Waals surface area contributed by atoms with Crippen LogP contribution in [0.2, 0.25) is 0 Å². The molecular weight excluding hydrogens is 350 g/mol. The number of nitrogens with two attached hydrogens (primary N) is 1. The van der Waals surface area contributed by atoms with E-state index < -0.39 is 0 Å². The standard InChI is InChI=1S/C23H23N3O2/c1-27-21-9-6-10-22(28-2)19(21)15-26-14-18-12-11-17(13-20(18)25-23(26)24)16-7-4-3-5-8-16/h3-13H,14-15H2,1-2H3,(H2,24,25)/p+1. The summed E-state index contributed by atoms with van der Waals surface area (Å²) in [6, 6.07) is 22.6. The maximum Gasteiger partial charge on any atom is 0.348 e. The molecule has 142 valence electrons. The van der Waals surface area contributed by atoms with Gasteiger partial charge in [-0.3, -0.25) is 10.3 Å². The number of rotatable bonds is 5. The quantitative estimate of drug-likeness (QED) is 0.667. The van der Waals surface area contributed by atoms with E-state index in [0.29, 0.717) is 19.0 Å². The van der Waals surface area contributed by atoms with Crippen LogP contribution in [0.15, 0.2) is 66.7 Å². The molecular formula is C23H24N3O2+. The van der Waals surface area contributed by atoms with E-state index in [9.17, 15) is 0 Å². The van der Waals surface area contributed by atoms with Crippen LogP contribution in [0.5, 0.6) is 11.5 Å². The Morgan fingerprint density at radius 3 is 2.29 bits per heavy atom. The number of hydrogen-bond donors (Lipinski definition) is 2. The summed E-state index contributed by atoms with van der Waals surface area (Å²) in [6.45, 7) is 1.30. The number of anilines is 1. The second-order valence-corrected chi connectivity index (χ2v) is 6.75. The predicted octanol–water partition coefficient (Wildman–Crippen LogP) is 3.82. The molecule has 1 aliphatic heterocycles. The fraction of sp³-hybridized carbons (Fsp3) is 0.174. The highest BCUT2D eigenvalue weighted by atomic mass is 16.5. The molecule has 0 bridgehead atoms. The second-order valence-electron chi connectivity index (χ2n) is 6.75. The lowest BCUT2D eigenvalue weighted by Gasteiger charge is -2.21. The molecule has 28 heavy (non-hydrogen) atoms. The van der Waals surface area contributed by atoms with Gasteiger partial charge in [0.15, 0.2) is 0 Å². The van der Waals surface area contributed by atoms with E-state index in [-0.39, 0.29) is 0 Å². The normalized spacial score (nSPS) is 12.9. The largest absolute Gasteiger partial charge is 0.496 e. The molecule has 0 fully saturated rings. The Hall–Kier alpha value is -3.47. The second kappa shape index (κ2) is 7.64. The van der Waals surface area contributed by atoms with Crippen molar-refractivity contribution in [3.05, 3.63) is 77.9 Å². The molecule has 0 spiro atoms. The van der Waals surface area contributed by atoms with Crippen molar-refractivity contribution in [2.45, 2.75) is 13.1 Å². The summed E-state index contributed by atoms with van der Waals surface area (Å²) in [5.74, 6) is 2.19. The minimum Gasteiger partial charge on any atom is -0.496 e. The van der Waals surface area contributed by atoms with Crippen molar-refractivity contribution in [3.63, 3.8) is 0 Å². The van der Waals surface area contributed by atoms with Crippen LogP contribution in [-0.4, -0.2) is 24.8 Å². The smallest absolute Gasteiger partial charge is 0.348 e. The van der Waals surface area contributed by atoms with E-state index in [1.54, 1.807) is 14.2 Å². The van der Waals surface area contributed by atoms with Gasteiger partial charge in [0.25, 0.3) is 0 Å². The van der Waals surface area contributed by atoms with Gasteiger partial charge in [-0.05, 0) is 29.3 Å². The minimum absolute atomic E-state index is 0.589. The molecule has 0 saturated carbocycles. The monoisotopic (exact) mass is 374 g/mol. The summed E-state index contributed by atoms with van der Waals surface area (Å²) >= 11 is 0. The van der Waals surface area contributed by atoms with E-state index in [4.69, 9.17) is 15.2 Å². The number of methoxy groups -OCH3 is 2. The summed E-state index contributed by atoms with van der Waals surface area (Å²) in [5.41, 5.74) is 11.9. The maximum atomic E-state index is 6.36. The van der Waals surface area contributed by atoms with Crippen molar-refractivity contribution >= 4 is 11.6 Å². The van der Waals surface area contributed by atoms with Crippen LogP contribution >= 0.6 is 0 Å². The molecule has 0 aromatic heterocycles. The molecule has 3 aromatic carbocycles. The molecule has 0 aliphatic carbocycles. The van der Waals surface area contributed by atoms with Gasteiger partial charge in [0, 0.05) is 5.56 Å². The van der Waals surface area contributed by atoms with E-state index >= 15 is 0 Å². The van der Waals surface area contributed by atoms with Crippen LogP contribution in [0, 0.1) is 0 Å². The molecule has 0 unspecified atom stereocenters. The van der Waals surface area contributed by atoms with Gasteiger partial charge in [0.05, 0.1) is 32.9 Å². The first-order valence-corrected chi connectivity index (χ1v) is 9.22. The van der Waals surface area contributed by atoms with Gasteiger partial charge >= 0.3 is 5.96 Å². The molecule has 3 aromatic rings. The summed E-state index contributed by atoms with van der Waals surface area (Å²) in [7, 11) is 3.33. The van der Waals surface area contributed by atoms with Crippen LogP contribution in [0.1, 0.15) is 11.1 Å². The van der Waals surface area contributed by atoms with Crippen LogP contribution in [-0.2, 0) is 13.1 Å². The fourth-order valence-corrected chi connectivity index (χ4v) is 3.56. The molecule has 0 atom stereocenters. The Labute approximate surface area is 165 Å². The van der Waals surface area contributed by atoms with Crippen LogP contribution in [0.4, 0.5) is 5.69 Å². The Balaban J connectivity index is 1.63. The summed E-state index contributed by atoms with van der Waals surface area (Å²) in [4.78, 5) is 0. The highest BCUT2D eigenvalue weighted by Crippen LogP contribution is 2.31. The highest BCUT2D eigenvalue weighted by molar-refractivity contribution is 5.91. The summed E-state index contributed by atoms with van der Waals surface area (Å²) in [5, 5.41) is 3.35. The Morgan fingerprint density at radius 2 is 1.61 bits per heavy atom. The van der Waals surface area contributed by atoms with E-state index in [0.717, 1.165) is 22.7 Å². The van der Waals surface area contributed by atoms with Gasteiger partial charge in [-0.15, -0.1) is 0 Å². The molecule has 0 saturated heterocycles. The van der Waals surface area contributed by atoms with Crippen molar-refractivity contribution in [1.82, 2.24) is 0 Å². The third kappa shape index (κ3) is 3.39. The third-order valence-electron chi connectivity index (χ3n) is 5.06. The molecule has 5 heteroatoms. The first-order valence-electron chi connectivity index (χ1n) is 9.22. The lowest BCUT2D eigenvalue weighted by molar-refractivity contribution is -0.562. The van der Waals surface area contributed by atoms with E-state index in [2.05, 4.69) is 40.2 Å². The van der Waals surface area contributed by atoms with Crippen molar-refractivity contribution in [2.24, 2.45) is 5.73 Å². The number of nitrogens with one attached hydrogen (secondary N) is 1. The molecule has 1 aliphatic rings. The third-order valence-corrected chi connectivity index (χ3v) is 5.06. The number of benzene rings is 3. The lowest BCUT2D eigenvalue weighted by Crippen LogP contribution is -2.38. The number of hydrogen-bond acceptors (Lipinski definition) is 4. The van der Waals surface area contributed by atoms with Gasteiger partial charge in [0.1, 0.15) is 17.2 Å². The molecule has 5 nitrogen and oxygen atoms in total. The van der Waals surface area contributed by atoms with E-state index in [1.807, 2.05) is 36.4 Å². The number of fused-ring (bicyclic) bond motifs is 1. The molecule has 1 heterocycles. The van der Waals surface area contributed by atoms with Crippen molar-refractivity contribution < 1.29 is 14.0 Å². The number of nitrogens with zero attached hydrogens (tertiary/aromatic N) is 1. The molecule has 0 amide bonds. The average molecular weight is 374 g/mol. The fourth-order valence-electron chi connectivity index (χ4n) is 3.56. The maximum absolute atomic E-state index is 6.36.